The van der Waals surface area contributed by atoms with Crippen molar-refractivity contribution in [3.63, 3.8) is 0 Å². The second-order valence-electron chi connectivity index (χ2n) is 6.82. The predicted molar refractivity (Wildman–Crippen MR) is 80.5 cm³/mol. The second kappa shape index (κ2) is 7.05. The minimum atomic E-state index is 0.907. The van der Waals surface area contributed by atoms with Gasteiger partial charge in [-0.05, 0) is 90.3 Å². The summed E-state index contributed by atoms with van der Waals surface area (Å²) >= 11 is 0. The van der Waals surface area contributed by atoms with Gasteiger partial charge in [-0.2, -0.15) is 0 Å². The smallest absolute Gasteiger partial charge is 0.0120 e. The van der Waals surface area contributed by atoms with E-state index in [0.717, 1.165) is 12.0 Å². The third-order valence-corrected chi connectivity index (χ3v) is 5.48. The molecule has 0 aromatic heterocycles. The second-order valence-corrected chi connectivity index (χ2v) is 6.82. The molecule has 0 bridgehead atoms. The molecule has 0 spiro atoms. The maximum atomic E-state index is 3.48. The average Bonchev–Trinajstić information content (AvgIpc) is 3.00. The lowest BCUT2D eigenvalue weighted by atomic mass is 9.98. The maximum absolute atomic E-state index is 3.48. The van der Waals surface area contributed by atoms with Crippen LogP contribution in [0.25, 0.3) is 0 Å². The van der Waals surface area contributed by atoms with Crippen molar-refractivity contribution in [1.82, 2.24) is 15.1 Å². The molecular formula is C16H31N3. The van der Waals surface area contributed by atoms with Crippen LogP contribution in [0.15, 0.2) is 0 Å². The number of rotatable bonds is 4. The Morgan fingerprint density at radius 2 is 1.68 bits per heavy atom. The molecule has 3 rings (SSSR count). The highest BCUT2D eigenvalue weighted by atomic mass is 15.2. The van der Waals surface area contributed by atoms with Crippen LogP contribution in [0.1, 0.15) is 44.9 Å². The molecule has 3 aliphatic heterocycles. The minimum absolute atomic E-state index is 0.907. The summed E-state index contributed by atoms with van der Waals surface area (Å²) in [7, 11) is 0. The Bertz CT molecular complexity index is 249. The first kappa shape index (κ1) is 13.8. The summed E-state index contributed by atoms with van der Waals surface area (Å²) in [5, 5.41) is 3.48. The highest BCUT2D eigenvalue weighted by Gasteiger charge is 2.25. The quantitative estimate of drug-likeness (QED) is 0.838. The molecule has 0 radical (unpaired) electrons. The van der Waals surface area contributed by atoms with Crippen molar-refractivity contribution in [2.45, 2.75) is 51.0 Å². The van der Waals surface area contributed by atoms with Gasteiger partial charge in [-0.15, -0.1) is 0 Å². The molecule has 3 heterocycles. The van der Waals surface area contributed by atoms with E-state index in [9.17, 15) is 0 Å². The van der Waals surface area contributed by atoms with Gasteiger partial charge in [0.05, 0.1) is 0 Å². The van der Waals surface area contributed by atoms with Crippen molar-refractivity contribution in [1.29, 1.82) is 0 Å². The topological polar surface area (TPSA) is 18.5 Å². The van der Waals surface area contributed by atoms with Crippen molar-refractivity contribution >= 4 is 0 Å². The number of likely N-dealkylation sites (tertiary alicyclic amines) is 2. The molecule has 3 fully saturated rings. The van der Waals surface area contributed by atoms with E-state index < -0.39 is 0 Å². The summed E-state index contributed by atoms with van der Waals surface area (Å²) in [6.07, 6.45) is 10.0. The summed E-state index contributed by atoms with van der Waals surface area (Å²) in [6.45, 7) is 9.31. The fourth-order valence-electron chi connectivity index (χ4n) is 4.12. The van der Waals surface area contributed by atoms with Crippen LogP contribution in [-0.2, 0) is 0 Å². The van der Waals surface area contributed by atoms with Crippen LogP contribution in [0.2, 0.25) is 0 Å². The SMILES string of the molecule is C1CCN(C2CCN(CCC3CCNC3)CC2)CC1. The Hall–Kier alpha value is -0.120. The number of nitrogens with one attached hydrogen (secondary N) is 1. The van der Waals surface area contributed by atoms with E-state index in [1.165, 1.54) is 90.8 Å². The fraction of sp³-hybridized carbons (Fsp3) is 1.00. The van der Waals surface area contributed by atoms with Crippen LogP contribution in [0.3, 0.4) is 0 Å². The molecule has 0 amide bonds. The highest BCUT2D eigenvalue weighted by molar-refractivity contribution is 4.82. The van der Waals surface area contributed by atoms with E-state index in [4.69, 9.17) is 0 Å². The van der Waals surface area contributed by atoms with Gasteiger partial charge in [0, 0.05) is 6.04 Å². The van der Waals surface area contributed by atoms with Gasteiger partial charge in [-0.25, -0.2) is 0 Å². The molecule has 1 unspecified atom stereocenters. The molecule has 110 valence electrons. The van der Waals surface area contributed by atoms with Crippen LogP contribution >= 0.6 is 0 Å². The molecule has 1 N–H and O–H groups in total. The van der Waals surface area contributed by atoms with Crippen molar-refractivity contribution < 1.29 is 0 Å². The van der Waals surface area contributed by atoms with E-state index in [-0.39, 0.29) is 0 Å². The van der Waals surface area contributed by atoms with Gasteiger partial charge in [-0.3, -0.25) is 0 Å². The molecule has 19 heavy (non-hydrogen) atoms. The first-order valence-electron chi connectivity index (χ1n) is 8.59. The number of hydrogen-bond donors (Lipinski definition) is 1. The van der Waals surface area contributed by atoms with Crippen LogP contribution < -0.4 is 5.32 Å². The Kier molecular flexibility index (Phi) is 5.14. The molecule has 0 aromatic rings. The lowest BCUT2D eigenvalue weighted by Crippen LogP contribution is -2.47. The highest BCUT2D eigenvalue weighted by Crippen LogP contribution is 2.21. The van der Waals surface area contributed by atoms with Crippen molar-refractivity contribution in [2.24, 2.45) is 5.92 Å². The zero-order chi connectivity index (χ0) is 12.9. The van der Waals surface area contributed by atoms with E-state index in [0.29, 0.717) is 0 Å². The van der Waals surface area contributed by atoms with Gasteiger partial charge in [-0.1, -0.05) is 6.42 Å². The first-order chi connectivity index (χ1) is 9.42. The Labute approximate surface area is 118 Å². The zero-order valence-electron chi connectivity index (χ0n) is 12.4. The molecular weight excluding hydrogens is 234 g/mol. The third kappa shape index (κ3) is 3.93. The number of hydrogen-bond acceptors (Lipinski definition) is 3. The Morgan fingerprint density at radius 1 is 0.895 bits per heavy atom. The van der Waals surface area contributed by atoms with Gasteiger partial charge >= 0.3 is 0 Å². The van der Waals surface area contributed by atoms with E-state index in [1.54, 1.807) is 0 Å². The molecule has 0 aliphatic carbocycles. The lowest BCUT2D eigenvalue weighted by molar-refractivity contribution is 0.0903. The Morgan fingerprint density at radius 3 is 2.37 bits per heavy atom. The Balaban J connectivity index is 1.34. The van der Waals surface area contributed by atoms with E-state index >= 15 is 0 Å². The summed E-state index contributed by atoms with van der Waals surface area (Å²) < 4.78 is 0. The monoisotopic (exact) mass is 265 g/mol. The van der Waals surface area contributed by atoms with Gasteiger partial charge in [0.15, 0.2) is 0 Å². The summed E-state index contributed by atoms with van der Waals surface area (Å²) in [4.78, 5) is 5.50. The summed E-state index contributed by atoms with van der Waals surface area (Å²) in [5.74, 6) is 0.958. The van der Waals surface area contributed by atoms with Crippen LogP contribution in [0.5, 0.6) is 0 Å². The standard InChI is InChI=1S/C16H31N3/c1-2-9-19(10-3-1)16-6-12-18(13-7-16)11-5-15-4-8-17-14-15/h15-17H,1-14H2. The summed E-state index contributed by atoms with van der Waals surface area (Å²) in [5.41, 5.74) is 0. The van der Waals surface area contributed by atoms with E-state index in [2.05, 4.69) is 15.1 Å². The minimum Gasteiger partial charge on any atom is -0.316 e. The molecule has 3 nitrogen and oxygen atoms in total. The molecule has 1 atom stereocenters. The summed E-state index contributed by atoms with van der Waals surface area (Å²) in [6, 6.07) is 0.907. The van der Waals surface area contributed by atoms with E-state index in [1.807, 2.05) is 0 Å². The van der Waals surface area contributed by atoms with Gasteiger partial charge < -0.3 is 15.1 Å². The fourth-order valence-corrected chi connectivity index (χ4v) is 4.12. The molecule has 3 heteroatoms. The third-order valence-electron chi connectivity index (χ3n) is 5.48. The normalized spacial score (nSPS) is 31.9. The van der Waals surface area contributed by atoms with Crippen molar-refractivity contribution in [3.05, 3.63) is 0 Å². The molecule has 3 saturated heterocycles. The largest absolute Gasteiger partial charge is 0.316 e. The lowest BCUT2D eigenvalue weighted by Gasteiger charge is -2.40. The molecule has 3 aliphatic rings. The molecule has 0 aromatic carbocycles. The first-order valence-corrected chi connectivity index (χ1v) is 8.59. The van der Waals surface area contributed by atoms with Crippen LogP contribution in [0, 0.1) is 5.92 Å². The van der Waals surface area contributed by atoms with Gasteiger partial charge in [0.1, 0.15) is 0 Å². The molecule has 0 saturated carbocycles. The van der Waals surface area contributed by atoms with Crippen LogP contribution in [0.4, 0.5) is 0 Å². The number of piperidine rings is 2. The predicted octanol–water partition coefficient (Wildman–Crippen LogP) is 1.94. The zero-order valence-corrected chi connectivity index (χ0v) is 12.4. The van der Waals surface area contributed by atoms with Crippen molar-refractivity contribution in [3.8, 4) is 0 Å². The maximum Gasteiger partial charge on any atom is 0.0120 e. The number of nitrogens with zero attached hydrogens (tertiary/aromatic N) is 2. The van der Waals surface area contributed by atoms with Gasteiger partial charge in [0.25, 0.3) is 0 Å². The van der Waals surface area contributed by atoms with Crippen LogP contribution in [-0.4, -0.2) is 61.7 Å². The van der Waals surface area contributed by atoms with Crippen molar-refractivity contribution in [2.75, 3.05) is 45.8 Å². The average molecular weight is 265 g/mol. The van der Waals surface area contributed by atoms with Gasteiger partial charge in [0.2, 0.25) is 0 Å².